The Morgan fingerprint density at radius 1 is 1.23 bits per heavy atom. The molecule has 0 atom stereocenters. The van der Waals surface area contributed by atoms with E-state index in [0.29, 0.717) is 11.6 Å². The van der Waals surface area contributed by atoms with Crippen molar-refractivity contribution in [1.29, 1.82) is 5.26 Å². The van der Waals surface area contributed by atoms with Crippen LogP contribution in [0, 0.1) is 18.3 Å². The molecule has 1 aliphatic heterocycles. The van der Waals surface area contributed by atoms with Crippen LogP contribution >= 0.6 is 12.2 Å². The van der Waals surface area contributed by atoms with Gasteiger partial charge in [0.05, 0.1) is 28.5 Å². The molecule has 0 bridgehead atoms. The van der Waals surface area contributed by atoms with E-state index in [-0.39, 0.29) is 24.0 Å². The molecule has 1 saturated heterocycles. The maximum atomic E-state index is 13.5. The van der Waals surface area contributed by atoms with Gasteiger partial charge in [0.2, 0.25) is 5.88 Å². The fraction of sp³-hybridized carbons (Fsp3) is 0.417. The van der Waals surface area contributed by atoms with Crippen LogP contribution in [0.4, 0.5) is 18.9 Å². The first-order valence-corrected chi connectivity index (χ1v) is 11.1. The van der Waals surface area contributed by atoms with Gasteiger partial charge in [0.25, 0.3) is 5.91 Å². The third kappa shape index (κ3) is 5.39. The van der Waals surface area contributed by atoms with Crippen LogP contribution in [0.15, 0.2) is 30.3 Å². The molecule has 0 spiro atoms. The lowest BCUT2D eigenvalue weighted by Gasteiger charge is -2.30. The van der Waals surface area contributed by atoms with Crippen molar-refractivity contribution >= 4 is 28.9 Å². The van der Waals surface area contributed by atoms with Crippen molar-refractivity contribution < 1.29 is 27.8 Å². The van der Waals surface area contributed by atoms with Gasteiger partial charge in [-0.05, 0) is 70.6 Å². The molecule has 0 unspecified atom stereocenters. The zero-order valence-corrected chi connectivity index (χ0v) is 20.7. The Kier molecular flexibility index (Phi) is 6.85. The second kappa shape index (κ2) is 9.09. The molecule has 0 saturated carbocycles. The van der Waals surface area contributed by atoms with Gasteiger partial charge in [-0.25, -0.2) is 4.98 Å². The SMILES string of the molecule is Cc1nc(OCC(C)(C)O)ccc1CN1C(=S)N(c2ccc(C#N)c(C(F)(F)F)c2)C(=O)C1(C)C. The van der Waals surface area contributed by atoms with Gasteiger partial charge < -0.3 is 14.7 Å². The highest BCUT2D eigenvalue weighted by Gasteiger charge is 2.50. The average Bonchev–Trinajstić information content (AvgIpc) is 2.91. The molecule has 7 nitrogen and oxygen atoms in total. The molecule has 1 aliphatic rings. The quantitative estimate of drug-likeness (QED) is 0.583. The van der Waals surface area contributed by atoms with Crippen LogP contribution in [0.2, 0.25) is 0 Å². The highest BCUT2D eigenvalue weighted by Crippen LogP contribution is 2.38. The number of nitriles is 1. The number of aliphatic hydroxyl groups is 1. The summed E-state index contributed by atoms with van der Waals surface area (Å²) in [5.41, 5.74) is -2.56. The van der Waals surface area contributed by atoms with Crippen LogP contribution in [0.3, 0.4) is 0 Å². The van der Waals surface area contributed by atoms with E-state index in [4.69, 9.17) is 22.2 Å². The first kappa shape index (κ1) is 26.4. The molecule has 1 aromatic carbocycles. The number of halogens is 3. The minimum absolute atomic E-state index is 0.0413. The largest absolute Gasteiger partial charge is 0.475 e. The smallest absolute Gasteiger partial charge is 0.417 e. The molecule has 1 N–H and O–H groups in total. The first-order chi connectivity index (χ1) is 16.1. The standard InChI is InChI=1S/C24H25F3N4O3S/c1-14-16(7-9-19(29-14)34-13-22(2,3)33)12-30-21(35)31(20(32)23(30,4)5)17-8-6-15(11-28)18(10-17)24(25,26)27/h6-10,33H,12-13H2,1-5H3. The summed E-state index contributed by atoms with van der Waals surface area (Å²) in [6.07, 6.45) is -4.77. The summed E-state index contributed by atoms with van der Waals surface area (Å²) in [7, 11) is 0. The summed E-state index contributed by atoms with van der Waals surface area (Å²) < 4.78 is 46.0. The van der Waals surface area contributed by atoms with Crippen molar-refractivity contribution in [2.45, 2.75) is 58.5 Å². The van der Waals surface area contributed by atoms with Crippen molar-refractivity contribution in [1.82, 2.24) is 9.88 Å². The van der Waals surface area contributed by atoms with Crippen molar-refractivity contribution in [3.05, 3.63) is 52.7 Å². The van der Waals surface area contributed by atoms with Crippen LogP contribution in [-0.2, 0) is 17.5 Å². The summed E-state index contributed by atoms with van der Waals surface area (Å²) in [5.74, 6) is -0.164. The molecule has 1 aromatic heterocycles. The predicted molar refractivity (Wildman–Crippen MR) is 127 cm³/mol. The summed E-state index contributed by atoms with van der Waals surface area (Å²) in [6.45, 7) is 8.49. The van der Waals surface area contributed by atoms with Crippen LogP contribution < -0.4 is 9.64 Å². The number of ether oxygens (including phenoxy) is 1. The zero-order valence-electron chi connectivity index (χ0n) is 19.9. The van der Waals surface area contributed by atoms with Crippen LogP contribution in [0.25, 0.3) is 0 Å². The van der Waals surface area contributed by atoms with Gasteiger partial charge in [0.1, 0.15) is 12.1 Å². The monoisotopic (exact) mass is 506 g/mol. The van der Waals surface area contributed by atoms with Gasteiger partial charge in [-0.15, -0.1) is 0 Å². The highest BCUT2D eigenvalue weighted by atomic mass is 32.1. The predicted octanol–water partition coefficient (Wildman–Crippen LogP) is 4.34. The van der Waals surface area contributed by atoms with Crippen molar-refractivity contribution in [3.63, 3.8) is 0 Å². The van der Waals surface area contributed by atoms with E-state index in [9.17, 15) is 23.1 Å². The van der Waals surface area contributed by atoms with E-state index in [0.717, 1.165) is 22.6 Å². The number of nitrogens with zero attached hydrogens (tertiary/aromatic N) is 4. The van der Waals surface area contributed by atoms with Gasteiger partial charge in [0, 0.05) is 18.3 Å². The number of rotatable bonds is 6. The number of alkyl halides is 3. The van der Waals surface area contributed by atoms with E-state index in [2.05, 4.69) is 4.98 Å². The Bertz CT molecular complexity index is 1220. The number of thiocarbonyl (C=S) groups is 1. The molecular formula is C24H25F3N4O3S. The van der Waals surface area contributed by atoms with Gasteiger partial charge in [-0.3, -0.25) is 9.69 Å². The van der Waals surface area contributed by atoms with E-state index in [1.165, 1.54) is 12.1 Å². The minimum Gasteiger partial charge on any atom is -0.475 e. The van der Waals surface area contributed by atoms with E-state index < -0.39 is 34.4 Å². The lowest BCUT2D eigenvalue weighted by atomic mass is 10.0. The molecule has 2 aromatic rings. The number of aromatic nitrogens is 1. The number of carbonyl (C=O) groups excluding carboxylic acids is 1. The Morgan fingerprint density at radius 3 is 2.43 bits per heavy atom. The molecule has 0 radical (unpaired) electrons. The molecule has 3 rings (SSSR count). The highest BCUT2D eigenvalue weighted by molar-refractivity contribution is 7.80. The van der Waals surface area contributed by atoms with Crippen molar-refractivity contribution in [3.8, 4) is 11.9 Å². The lowest BCUT2D eigenvalue weighted by Crippen LogP contribution is -2.43. The summed E-state index contributed by atoms with van der Waals surface area (Å²) in [4.78, 5) is 20.3. The number of hydrogen-bond acceptors (Lipinski definition) is 6. The van der Waals surface area contributed by atoms with Gasteiger partial charge in [-0.2, -0.15) is 18.4 Å². The number of carbonyl (C=O) groups is 1. The van der Waals surface area contributed by atoms with E-state index in [1.54, 1.807) is 51.7 Å². The fourth-order valence-electron chi connectivity index (χ4n) is 3.57. The number of aryl methyl sites for hydroxylation is 1. The first-order valence-electron chi connectivity index (χ1n) is 10.7. The molecule has 1 amide bonds. The van der Waals surface area contributed by atoms with Gasteiger partial charge >= 0.3 is 6.18 Å². The van der Waals surface area contributed by atoms with Crippen molar-refractivity contribution in [2.24, 2.45) is 0 Å². The van der Waals surface area contributed by atoms with Crippen LogP contribution in [0.5, 0.6) is 5.88 Å². The van der Waals surface area contributed by atoms with Crippen molar-refractivity contribution in [2.75, 3.05) is 11.5 Å². The van der Waals surface area contributed by atoms with Crippen LogP contribution in [0.1, 0.15) is 50.1 Å². The summed E-state index contributed by atoms with van der Waals surface area (Å²) in [6, 6.07) is 8.00. The third-order valence-corrected chi connectivity index (χ3v) is 5.99. The topological polar surface area (TPSA) is 89.7 Å². The lowest BCUT2D eigenvalue weighted by molar-refractivity contribution is -0.137. The Labute approximate surface area is 206 Å². The second-order valence-electron chi connectivity index (χ2n) is 9.40. The average molecular weight is 507 g/mol. The molecule has 35 heavy (non-hydrogen) atoms. The molecule has 0 aliphatic carbocycles. The van der Waals surface area contributed by atoms with E-state index >= 15 is 0 Å². The maximum absolute atomic E-state index is 13.5. The molecule has 2 heterocycles. The molecule has 1 fully saturated rings. The zero-order chi connectivity index (χ0) is 26.3. The minimum atomic E-state index is -4.77. The summed E-state index contributed by atoms with van der Waals surface area (Å²) in [5, 5.41) is 18.9. The molecular weight excluding hydrogens is 481 g/mol. The Balaban J connectivity index is 1.91. The third-order valence-electron chi connectivity index (χ3n) is 5.58. The van der Waals surface area contributed by atoms with Gasteiger partial charge in [0.15, 0.2) is 5.11 Å². The van der Waals surface area contributed by atoms with Gasteiger partial charge in [-0.1, -0.05) is 6.07 Å². The molecule has 11 heteroatoms. The summed E-state index contributed by atoms with van der Waals surface area (Å²) >= 11 is 5.53. The Morgan fingerprint density at radius 2 is 1.89 bits per heavy atom. The maximum Gasteiger partial charge on any atom is 0.417 e. The number of amides is 1. The van der Waals surface area contributed by atoms with E-state index in [1.807, 2.05) is 0 Å². The fourth-order valence-corrected chi connectivity index (χ4v) is 4.05. The number of hydrogen-bond donors (Lipinski definition) is 1. The number of pyridine rings is 1. The van der Waals surface area contributed by atoms with Crippen LogP contribution in [-0.4, -0.2) is 43.8 Å². The second-order valence-corrected chi connectivity index (χ2v) is 9.77. The molecule has 186 valence electrons. The Hall–Kier alpha value is -3.23. The normalized spacial score (nSPS) is 16.0. The number of anilines is 1. The number of benzene rings is 1.